The van der Waals surface area contributed by atoms with Crippen molar-refractivity contribution in [3.63, 3.8) is 0 Å². The third kappa shape index (κ3) is 4.84. The zero-order valence-electron chi connectivity index (χ0n) is 20.3. The van der Waals surface area contributed by atoms with Crippen molar-refractivity contribution in [2.75, 3.05) is 39.0 Å². The number of carbonyl (C=O) groups is 1. The molecule has 1 saturated heterocycles. The molecule has 7 nitrogen and oxygen atoms in total. The second-order valence-electron chi connectivity index (χ2n) is 9.06. The number of fused-ring (bicyclic) bond motifs is 1. The Hall–Kier alpha value is -3.33. The highest BCUT2D eigenvalue weighted by molar-refractivity contribution is 6.36. The third-order valence-corrected chi connectivity index (χ3v) is 7.31. The maximum Gasteiger partial charge on any atom is 0.253 e. The van der Waals surface area contributed by atoms with E-state index in [0.29, 0.717) is 35.2 Å². The summed E-state index contributed by atoms with van der Waals surface area (Å²) >= 11 is 12.4. The van der Waals surface area contributed by atoms with Crippen LogP contribution in [0.15, 0.2) is 53.3 Å². The van der Waals surface area contributed by atoms with Gasteiger partial charge in [0.15, 0.2) is 11.4 Å². The number of benzene rings is 2. The van der Waals surface area contributed by atoms with Crippen LogP contribution < -0.4 is 10.5 Å². The largest absolute Gasteiger partial charge is 0.478 e. The summed E-state index contributed by atoms with van der Waals surface area (Å²) in [6.45, 7) is 4.75. The van der Waals surface area contributed by atoms with E-state index >= 15 is 0 Å². The lowest BCUT2D eigenvalue weighted by atomic mass is 10.0. The Morgan fingerprint density at radius 3 is 2.70 bits per heavy atom. The number of nitrogen functional groups attached to an aromatic ring is 1. The van der Waals surface area contributed by atoms with Crippen LogP contribution in [0.4, 0.5) is 10.2 Å². The summed E-state index contributed by atoms with van der Waals surface area (Å²) < 4.78 is 26.0. The first-order valence-corrected chi connectivity index (χ1v) is 12.5. The van der Waals surface area contributed by atoms with E-state index in [1.807, 2.05) is 36.2 Å². The van der Waals surface area contributed by atoms with Crippen molar-refractivity contribution in [2.24, 2.45) is 0 Å². The number of furan rings is 1. The summed E-state index contributed by atoms with van der Waals surface area (Å²) in [5, 5.41) is 0.789. The second kappa shape index (κ2) is 10.2. The summed E-state index contributed by atoms with van der Waals surface area (Å²) in [7, 11) is 2.05. The predicted molar refractivity (Wildman–Crippen MR) is 143 cm³/mol. The van der Waals surface area contributed by atoms with Gasteiger partial charge in [-0.3, -0.25) is 4.79 Å². The summed E-state index contributed by atoms with van der Waals surface area (Å²) in [5.41, 5.74) is 8.92. The highest BCUT2D eigenvalue weighted by Crippen LogP contribution is 2.41. The standard InChI is InChI=1S/C27H25Cl2FN4O3/c1-15(22-20(28)6-7-21(30)23(22)29)37-25-24-18(13-32-26(25)31)19(14-36-24)16-4-3-5-17(12-16)27(35)34-10-8-33(2)9-11-34/h3-7,12-15H,8-11H2,1-2H3,(H2,31,32). The number of aromatic nitrogens is 1. The van der Waals surface area contributed by atoms with Crippen LogP contribution in [0, 0.1) is 5.82 Å². The van der Waals surface area contributed by atoms with Gasteiger partial charge in [0.05, 0.1) is 16.7 Å². The molecule has 37 heavy (non-hydrogen) atoms. The number of ether oxygens (including phenoxy) is 1. The van der Waals surface area contributed by atoms with Crippen LogP contribution in [0.25, 0.3) is 22.1 Å². The van der Waals surface area contributed by atoms with Crippen LogP contribution in [0.2, 0.25) is 10.0 Å². The number of piperazine rings is 1. The number of nitrogens with zero attached hydrogens (tertiary/aromatic N) is 3. The average molecular weight is 543 g/mol. The highest BCUT2D eigenvalue weighted by Gasteiger charge is 2.24. The molecule has 1 atom stereocenters. The fourth-order valence-corrected chi connectivity index (χ4v) is 5.16. The first-order valence-electron chi connectivity index (χ1n) is 11.8. The fourth-order valence-electron chi connectivity index (χ4n) is 4.48. The zero-order valence-corrected chi connectivity index (χ0v) is 21.8. The molecule has 1 unspecified atom stereocenters. The van der Waals surface area contributed by atoms with Gasteiger partial charge in [0, 0.05) is 54.1 Å². The summed E-state index contributed by atoms with van der Waals surface area (Å²) in [5.74, 6) is -0.320. The van der Waals surface area contributed by atoms with Crippen molar-refractivity contribution in [2.45, 2.75) is 13.0 Å². The zero-order chi connectivity index (χ0) is 26.3. The van der Waals surface area contributed by atoms with Crippen LogP contribution in [-0.2, 0) is 0 Å². The molecule has 0 saturated carbocycles. The van der Waals surface area contributed by atoms with Gasteiger partial charge in [-0.05, 0) is 43.8 Å². The van der Waals surface area contributed by atoms with E-state index in [4.69, 9.17) is 38.1 Å². The molecule has 1 amide bonds. The van der Waals surface area contributed by atoms with Crippen LogP contribution in [-0.4, -0.2) is 53.9 Å². The molecule has 10 heteroatoms. The van der Waals surface area contributed by atoms with E-state index < -0.39 is 11.9 Å². The lowest BCUT2D eigenvalue weighted by Gasteiger charge is -2.32. The summed E-state index contributed by atoms with van der Waals surface area (Å²) in [6, 6.07) is 10.0. The molecule has 2 N–H and O–H groups in total. The lowest BCUT2D eigenvalue weighted by Crippen LogP contribution is -2.47. The molecular formula is C27H25Cl2FN4O3. The van der Waals surface area contributed by atoms with Crippen LogP contribution in [0.5, 0.6) is 5.75 Å². The summed E-state index contributed by atoms with van der Waals surface area (Å²) in [6.07, 6.45) is 2.42. The van der Waals surface area contributed by atoms with E-state index in [1.165, 1.54) is 12.1 Å². The molecule has 1 aliphatic rings. The Bertz CT molecular complexity index is 1480. The molecular weight excluding hydrogens is 518 g/mol. The number of halogens is 3. The smallest absolute Gasteiger partial charge is 0.253 e. The van der Waals surface area contributed by atoms with Gasteiger partial charge in [-0.15, -0.1) is 0 Å². The van der Waals surface area contributed by atoms with Crippen LogP contribution in [0.3, 0.4) is 0 Å². The van der Waals surface area contributed by atoms with Crippen molar-refractivity contribution in [1.82, 2.24) is 14.8 Å². The monoisotopic (exact) mass is 542 g/mol. The van der Waals surface area contributed by atoms with Gasteiger partial charge in [-0.1, -0.05) is 35.3 Å². The molecule has 1 aliphatic heterocycles. The van der Waals surface area contributed by atoms with Crippen LogP contribution in [0.1, 0.15) is 28.9 Å². The molecule has 5 rings (SSSR count). The van der Waals surface area contributed by atoms with E-state index in [2.05, 4.69) is 9.88 Å². The van der Waals surface area contributed by atoms with Gasteiger partial charge in [-0.2, -0.15) is 0 Å². The van der Waals surface area contributed by atoms with E-state index in [9.17, 15) is 9.18 Å². The number of hydrogen-bond donors (Lipinski definition) is 1. The molecule has 0 spiro atoms. The number of pyridine rings is 1. The number of anilines is 1. The first kappa shape index (κ1) is 25.3. The van der Waals surface area contributed by atoms with Crippen molar-refractivity contribution in [1.29, 1.82) is 0 Å². The highest BCUT2D eigenvalue weighted by atomic mass is 35.5. The molecule has 192 valence electrons. The number of amides is 1. The molecule has 0 bridgehead atoms. The van der Waals surface area contributed by atoms with Gasteiger partial charge >= 0.3 is 0 Å². The normalized spacial score (nSPS) is 15.2. The van der Waals surface area contributed by atoms with E-state index in [-0.39, 0.29) is 27.5 Å². The molecule has 4 aromatic rings. The van der Waals surface area contributed by atoms with Gasteiger partial charge in [0.1, 0.15) is 11.9 Å². The SMILES string of the molecule is CC(Oc1c(N)ncc2c(-c3cccc(C(=O)N4CCN(C)CC4)c3)coc12)c1c(Cl)ccc(F)c1Cl. The Labute approximate surface area is 223 Å². The molecule has 0 aliphatic carbocycles. The van der Waals surface area contributed by atoms with Crippen molar-refractivity contribution >= 4 is 45.9 Å². The molecule has 2 aromatic heterocycles. The molecule has 1 fully saturated rings. The lowest BCUT2D eigenvalue weighted by molar-refractivity contribution is 0.0664. The van der Waals surface area contributed by atoms with Crippen LogP contribution >= 0.6 is 23.2 Å². The molecule has 3 heterocycles. The Morgan fingerprint density at radius 2 is 1.95 bits per heavy atom. The number of likely N-dealkylation sites (N-methyl/N-ethyl adjacent to an activating group) is 1. The topological polar surface area (TPSA) is 84.8 Å². The van der Waals surface area contributed by atoms with Crippen molar-refractivity contribution in [3.8, 4) is 16.9 Å². The molecule has 2 aromatic carbocycles. The second-order valence-corrected chi connectivity index (χ2v) is 9.84. The number of nitrogens with two attached hydrogens (primary N) is 1. The van der Waals surface area contributed by atoms with Gasteiger partial charge < -0.3 is 24.7 Å². The van der Waals surface area contributed by atoms with Crippen molar-refractivity contribution < 1.29 is 18.3 Å². The minimum atomic E-state index is -0.747. The number of carbonyl (C=O) groups excluding carboxylic acids is 1. The van der Waals surface area contributed by atoms with Gasteiger partial charge in [0.25, 0.3) is 5.91 Å². The minimum absolute atomic E-state index is 0.00758. The maximum absolute atomic E-state index is 14.1. The third-order valence-electron chi connectivity index (χ3n) is 6.59. The first-order chi connectivity index (χ1) is 17.7. The Kier molecular flexibility index (Phi) is 6.98. The molecule has 0 radical (unpaired) electrons. The number of hydrogen-bond acceptors (Lipinski definition) is 6. The predicted octanol–water partition coefficient (Wildman–Crippen LogP) is 6.05. The minimum Gasteiger partial charge on any atom is -0.478 e. The summed E-state index contributed by atoms with van der Waals surface area (Å²) in [4.78, 5) is 21.5. The van der Waals surface area contributed by atoms with E-state index in [1.54, 1.807) is 19.4 Å². The Morgan fingerprint density at radius 1 is 1.19 bits per heavy atom. The van der Waals surface area contributed by atoms with Gasteiger partial charge in [0.2, 0.25) is 5.75 Å². The Balaban J connectivity index is 1.47. The van der Waals surface area contributed by atoms with Crippen molar-refractivity contribution in [3.05, 3.63) is 75.8 Å². The number of rotatable bonds is 5. The quantitative estimate of drug-likeness (QED) is 0.309. The van der Waals surface area contributed by atoms with Gasteiger partial charge in [-0.25, -0.2) is 9.37 Å². The fraction of sp³-hybridized carbons (Fsp3) is 0.259. The maximum atomic E-state index is 14.1. The average Bonchev–Trinajstić information content (AvgIpc) is 3.33. The van der Waals surface area contributed by atoms with E-state index in [0.717, 1.165) is 24.2 Å².